The van der Waals surface area contributed by atoms with Crippen LogP contribution in [0.15, 0.2) is 84.0 Å². The van der Waals surface area contributed by atoms with Gasteiger partial charge < -0.3 is 15.4 Å². The zero-order valence-corrected chi connectivity index (χ0v) is 19.2. The van der Waals surface area contributed by atoms with Gasteiger partial charge in [0.25, 0.3) is 5.91 Å². The lowest BCUT2D eigenvalue weighted by Gasteiger charge is -2.12. The summed E-state index contributed by atoms with van der Waals surface area (Å²) in [7, 11) is 1.57. The zero-order valence-electron chi connectivity index (χ0n) is 18.3. The summed E-state index contributed by atoms with van der Waals surface area (Å²) in [6.45, 7) is 0.392. The third kappa shape index (κ3) is 5.59. The molecule has 4 aromatic rings. The van der Waals surface area contributed by atoms with Crippen molar-refractivity contribution in [1.29, 1.82) is 0 Å². The number of carbonyl (C=O) groups excluding carboxylic acids is 2. The van der Waals surface area contributed by atoms with Gasteiger partial charge in [0.05, 0.1) is 24.1 Å². The van der Waals surface area contributed by atoms with Gasteiger partial charge in [-0.2, -0.15) is 4.68 Å². The van der Waals surface area contributed by atoms with Crippen LogP contribution in [-0.2, 0) is 11.3 Å². The molecule has 172 valence electrons. The van der Waals surface area contributed by atoms with Gasteiger partial charge in [-0.1, -0.05) is 66.4 Å². The summed E-state index contributed by atoms with van der Waals surface area (Å²) in [4.78, 5) is 25.4. The average molecular weight is 475 g/mol. The number of aromatic nitrogens is 4. The number of thioether (sulfide) groups is 1. The van der Waals surface area contributed by atoms with Gasteiger partial charge in [-0.3, -0.25) is 9.59 Å². The molecule has 10 heteroatoms. The van der Waals surface area contributed by atoms with E-state index in [1.54, 1.807) is 37.4 Å². The Hall–Kier alpha value is -4.18. The summed E-state index contributed by atoms with van der Waals surface area (Å²) in [6.07, 6.45) is 0. The van der Waals surface area contributed by atoms with Gasteiger partial charge in [-0.25, -0.2) is 0 Å². The van der Waals surface area contributed by atoms with E-state index in [2.05, 4.69) is 26.2 Å². The van der Waals surface area contributed by atoms with Gasteiger partial charge in [0.15, 0.2) is 0 Å². The Morgan fingerprint density at radius 2 is 1.71 bits per heavy atom. The number of ether oxygens (including phenoxy) is 1. The topological polar surface area (TPSA) is 111 Å². The molecule has 3 aromatic carbocycles. The molecule has 0 aliphatic heterocycles. The lowest BCUT2D eigenvalue weighted by molar-refractivity contribution is -0.113. The highest BCUT2D eigenvalue weighted by Gasteiger charge is 2.16. The monoisotopic (exact) mass is 474 g/mol. The van der Waals surface area contributed by atoms with Gasteiger partial charge in [0, 0.05) is 6.54 Å². The highest BCUT2D eigenvalue weighted by Crippen LogP contribution is 2.25. The molecule has 2 amide bonds. The lowest BCUT2D eigenvalue weighted by atomic mass is 10.1. The molecular formula is C24H22N6O3S. The van der Waals surface area contributed by atoms with Crippen molar-refractivity contribution in [3.05, 3.63) is 90.0 Å². The number of carbonyl (C=O) groups is 2. The molecule has 0 fully saturated rings. The summed E-state index contributed by atoms with van der Waals surface area (Å²) >= 11 is 1.18. The summed E-state index contributed by atoms with van der Waals surface area (Å²) in [5, 5.41) is 17.9. The van der Waals surface area contributed by atoms with Crippen molar-refractivity contribution in [2.75, 3.05) is 18.2 Å². The molecule has 0 unspecified atom stereocenters. The van der Waals surface area contributed by atoms with E-state index in [1.165, 1.54) is 16.4 Å². The van der Waals surface area contributed by atoms with E-state index in [0.29, 0.717) is 34.4 Å². The minimum atomic E-state index is -0.289. The third-order valence-corrected chi connectivity index (χ3v) is 5.75. The Morgan fingerprint density at radius 3 is 2.53 bits per heavy atom. The fourth-order valence-electron chi connectivity index (χ4n) is 3.20. The number of benzene rings is 3. The van der Waals surface area contributed by atoms with E-state index in [9.17, 15) is 9.59 Å². The maximum Gasteiger partial charge on any atom is 0.253 e. The van der Waals surface area contributed by atoms with Crippen molar-refractivity contribution < 1.29 is 14.3 Å². The predicted molar refractivity (Wildman–Crippen MR) is 129 cm³/mol. The molecule has 0 atom stereocenters. The first-order valence-corrected chi connectivity index (χ1v) is 11.4. The highest BCUT2D eigenvalue weighted by atomic mass is 32.2. The number of hydrogen-bond donors (Lipinski definition) is 2. The maximum absolute atomic E-state index is 12.7. The molecule has 1 aromatic heterocycles. The summed E-state index contributed by atoms with van der Waals surface area (Å²) in [6, 6.07) is 23.8. The van der Waals surface area contributed by atoms with E-state index in [4.69, 9.17) is 4.74 Å². The van der Waals surface area contributed by atoms with Gasteiger partial charge in [-0.15, -0.1) is 5.10 Å². The number of anilines is 1. The van der Waals surface area contributed by atoms with Crippen LogP contribution in [0.3, 0.4) is 0 Å². The van der Waals surface area contributed by atoms with E-state index in [1.807, 2.05) is 48.5 Å². The highest BCUT2D eigenvalue weighted by molar-refractivity contribution is 7.99. The summed E-state index contributed by atoms with van der Waals surface area (Å²) in [5.74, 6) is 0.0992. The predicted octanol–water partition coefficient (Wildman–Crippen LogP) is 3.33. The van der Waals surface area contributed by atoms with Crippen LogP contribution in [0.25, 0.3) is 5.69 Å². The maximum atomic E-state index is 12.7. The Bertz CT molecular complexity index is 1280. The Morgan fingerprint density at radius 1 is 0.971 bits per heavy atom. The summed E-state index contributed by atoms with van der Waals surface area (Å²) < 4.78 is 6.89. The zero-order chi connectivity index (χ0) is 23.8. The van der Waals surface area contributed by atoms with Gasteiger partial charge >= 0.3 is 0 Å². The molecular weight excluding hydrogens is 452 g/mol. The van der Waals surface area contributed by atoms with Crippen molar-refractivity contribution in [1.82, 2.24) is 25.5 Å². The SMILES string of the molecule is COc1ccccc1-n1nnnc1SCC(=O)Nc1ccccc1C(=O)NCc1ccccc1. The number of nitrogens with one attached hydrogen (secondary N) is 2. The molecule has 0 aliphatic rings. The summed E-state index contributed by atoms with van der Waals surface area (Å²) in [5.41, 5.74) is 2.47. The Kier molecular flexibility index (Phi) is 7.51. The quantitative estimate of drug-likeness (QED) is 0.358. The molecule has 0 saturated heterocycles. The Balaban J connectivity index is 1.39. The largest absolute Gasteiger partial charge is 0.494 e. The lowest BCUT2D eigenvalue weighted by Crippen LogP contribution is -2.25. The van der Waals surface area contributed by atoms with Crippen molar-refractivity contribution in [2.24, 2.45) is 0 Å². The minimum Gasteiger partial charge on any atom is -0.494 e. The third-order valence-electron chi connectivity index (χ3n) is 4.83. The Labute approximate surface area is 200 Å². The molecule has 0 saturated carbocycles. The normalized spacial score (nSPS) is 10.5. The van der Waals surface area contributed by atoms with E-state index in [-0.39, 0.29) is 17.6 Å². The molecule has 34 heavy (non-hydrogen) atoms. The van der Waals surface area contributed by atoms with Crippen LogP contribution in [-0.4, -0.2) is 44.9 Å². The molecule has 9 nitrogen and oxygen atoms in total. The second-order valence-corrected chi connectivity index (χ2v) is 8.04. The number of amides is 2. The van der Waals surface area contributed by atoms with Crippen LogP contribution >= 0.6 is 11.8 Å². The number of methoxy groups -OCH3 is 1. The molecule has 2 N–H and O–H groups in total. The number of nitrogens with zero attached hydrogens (tertiary/aromatic N) is 4. The molecule has 0 aliphatic carbocycles. The second kappa shape index (κ2) is 11.1. The minimum absolute atomic E-state index is 0.0511. The molecule has 1 heterocycles. The van der Waals surface area contributed by atoms with Gasteiger partial charge in [0.1, 0.15) is 11.4 Å². The first-order valence-electron chi connectivity index (χ1n) is 10.4. The van der Waals surface area contributed by atoms with Crippen molar-refractivity contribution >= 4 is 29.3 Å². The average Bonchev–Trinajstić information content (AvgIpc) is 3.35. The smallest absolute Gasteiger partial charge is 0.253 e. The van der Waals surface area contributed by atoms with Crippen LogP contribution in [0.5, 0.6) is 5.75 Å². The standard InChI is InChI=1S/C24H22N6O3S/c1-33-21-14-8-7-13-20(21)30-24(27-28-29-30)34-16-22(31)26-19-12-6-5-11-18(19)23(32)25-15-17-9-3-2-4-10-17/h2-14H,15-16H2,1H3,(H,25,32)(H,26,31). The number of para-hydroxylation sites is 3. The van der Waals surface area contributed by atoms with Crippen LogP contribution in [0, 0.1) is 0 Å². The fraction of sp³-hybridized carbons (Fsp3) is 0.125. The van der Waals surface area contributed by atoms with E-state index >= 15 is 0 Å². The fourth-order valence-corrected chi connectivity index (χ4v) is 3.89. The van der Waals surface area contributed by atoms with Crippen LogP contribution in [0.2, 0.25) is 0 Å². The molecule has 0 spiro atoms. The van der Waals surface area contributed by atoms with Crippen molar-refractivity contribution in [3.8, 4) is 11.4 Å². The number of tetrazole rings is 1. The van der Waals surface area contributed by atoms with Crippen LogP contribution in [0.1, 0.15) is 15.9 Å². The van der Waals surface area contributed by atoms with Crippen LogP contribution in [0.4, 0.5) is 5.69 Å². The molecule has 0 radical (unpaired) electrons. The van der Waals surface area contributed by atoms with Crippen molar-refractivity contribution in [2.45, 2.75) is 11.7 Å². The number of hydrogen-bond acceptors (Lipinski definition) is 7. The van der Waals surface area contributed by atoms with Crippen LogP contribution < -0.4 is 15.4 Å². The van der Waals surface area contributed by atoms with Gasteiger partial charge in [0.2, 0.25) is 11.1 Å². The first kappa shape index (κ1) is 23.0. The van der Waals surface area contributed by atoms with Gasteiger partial charge in [-0.05, 0) is 40.3 Å². The van der Waals surface area contributed by atoms with Crippen molar-refractivity contribution in [3.63, 3.8) is 0 Å². The van der Waals surface area contributed by atoms with E-state index in [0.717, 1.165) is 5.56 Å². The van der Waals surface area contributed by atoms with E-state index < -0.39 is 0 Å². The molecule has 4 rings (SSSR count). The molecule has 0 bridgehead atoms. The number of rotatable bonds is 9. The second-order valence-electron chi connectivity index (χ2n) is 7.10. The first-order chi connectivity index (χ1) is 16.7.